The van der Waals surface area contributed by atoms with Crippen LogP contribution in [-0.2, 0) is 0 Å². The van der Waals surface area contributed by atoms with Gasteiger partial charge < -0.3 is 5.73 Å². The molecule has 1 nitrogen and oxygen atoms in total. The van der Waals surface area contributed by atoms with E-state index >= 15 is 0 Å². The van der Waals surface area contributed by atoms with Gasteiger partial charge in [-0.2, -0.15) is 0 Å². The lowest BCUT2D eigenvalue weighted by molar-refractivity contribution is 1.08. The van der Waals surface area contributed by atoms with Crippen molar-refractivity contribution in [2.75, 3.05) is 0 Å². The molecule has 0 aromatic heterocycles. The van der Waals surface area contributed by atoms with E-state index in [1.807, 2.05) is 6.92 Å². The second-order valence-corrected chi connectivity index (χ2v) is 3.17. The minimum absolute atomic E-state index is 0.755. The van der Waals surface area contributed by atoms with Crippen LogP contribution in [0.2, 0.25) is 0 Å². The molecule has 13 heavy (non-hydrogen) atoms. The van der Waals surface area contributed by atoms with Gasteiger partial charge in [0.05, 0.1) is 0 Å². The second-order valence-electron chi connectivity index (χ2n) is 3.17. The van der Waals surface area contributed by atoms with Crippen molar-refractivity contribution in [1.82, 2.24) is 0 Å². The molecule has 0 saturated heterocycles. The van der Waals surface area contributed by atoms with Crippen LogP contribution in [-0.4, -0.2) is 0 Å². The van der Waals surface area contributed by atoms with Crippen LogP contribution in [0.25, 0.3) is 0 Å². The quantitative estimate of drug-likeness (QED) is 0.700. The first kappa shape index (κ1) is 11.8. The van der Waals surface area contributed by atoms with Crippen molar-refractivity contribution in [3.63, 3.8) is 0 Å². The van der Waals surface area contributed by atoms with Crippen molar-refractivity contribution >= 4 is 0 Å². The topological polar surface area (TPSA) is 26.0 Å². The molecule has 0 radical (unpaired) electrons. The van der Waals surface area contributed by atoms with Gasteiger partial charge in [-0.25, -0.2) is 0 Å². The number of hydrogen-bond donors (Lipinski definition) is 1. The maximum absolute atomic E-state index is 5.10. The highest BCUT2D eigenvalue weighted by Crippen LogP contribution is 2.00. The third kappa shape index (κ3) is 7.13. The Morgan fingerprint density at radius 3 is 1.85 bits per heavy atom. The van der Waals surface area contributed by atoms with Crippen molar-refractivity contribution in [3.8, 4) is 0 Å². The van der Waals surface area contributed by atoms with Gasteiger partial charge in [-0.05, 0) is 20.3 Å². The van der Waals surface area contributed by atoms with Gasteiger partial charge in [0.2, 0.25) is 0 Å². The van der Waals surface area contributed by atoms with Gasteiger partial charge in [-0.15, -0.1) is 0 Å². The van der Waals surface area contributed by atoms with E-state index < -0.39 is 0 Å². The van der Waals surface area contributed by atoms with E-state index in [4.69, 9.17) is 5.73 Å². The first-order valence-electron chi connectivity index (χ1n) is 4.52. The van der Waals surface area contributed by atoms with Gasteiger partial charge in [0.1, 0.15) is 0 Å². The van der Waals surface area contributed by atoms with Gasteiger partial charge in [0, 0.05) is 5.70 Å². The lowest BCUT2D eigenvalue weighted by atomic mass is 10.2. The van der Waals surface area contributed by atoms with Crippen molar-refractivity contribution in [1.29, 1.82) is 0 Å². The minimum atomic E-state index is 0.755. The van der Waals surface area contributed by atoms with E-state index in [1.165, 1.54) is 11.1 Å². The first-order chi connectivity index (χ1) is 6.06. The molecule has 0 amide bonds. The molecule has 0 aliphatic heterocycles. The molecule has 0 heterocycles. The largest absolute Gasteiger partial charge is 0.403 e. The molecule has 0 aliphatic carbocycles. The SMILES string of the molecule is C=C(N)CC.Cc1cccc(C)c1. The highest BCUT2D eigenvalue weighted by atomic mass is 14.5. The standard InChI is InChI=1S/C8H10.C4H9N/c1-7-4-3-5-8(2)6-7;1-3-4(2)5/h3-6H,1-2H3;2-3,5H2,1H3. The van der Waals surface area contributed by atoms with Crippen LogP contribution < -0.4 is 5.73 Å². The van der Waals surface area contributed by atoms with Crippen molar-refractivity contribution < 1.29 is 0 Å². The minimum Gasteiger partial charge on any atom is -0.403 e. The monoisotopic (exact) mass is 177 g/mol. The van der Waals surface area contributed by atoms with Crippen LogP contribution in [0.15, 0.2) is 36.5 Å². The molecule has 72 valence electrons. The molecule has 1 aromatic carbocycles. The van der Waals surface area contributed by atoms with Crippen LogP contribution >= 0.6 is 0 Å². The average Bonchev–Trinajstić information content (AvgIpc) is 2.05. The van der Waals surface area contributed by atoms with Crippen LogP contribution in [0.1, 0.15) is 24.5 Å². The van der Waals surface area contributed by atoms with Crippen LogP contribution in [0.4, 0.5) is 0 Å². The highest BCUT2D eigenvalue weighted by molar-refractivity contribution is 5.20. The third-order valence-electron chi connectivity index (χ3n) is 1.63. The summed E-state index contributed by atoms with van der Waals surface area (Å²) in [6, 6.07) is 8.45. The number of hydrogen-bond acceptors (Lipinski definition) is 1. The zero-order valence-electron chi connectivity index (χ0n) is 8.80. The summed E-state index contributed by atoms with van der Waals surface area (Å²) in [5, 5.41) is 0. The Labute approximate surface area is 81.3 Å². The second kappa shape index (κ2) is 6.30. The number of rotatable bonds is 1. The number of benzene rings is 1. The first-order valence-corrected chi connectivity index (χ1v) is 4.52. The Kier molecular flexibility index (Phi) is 5.69. The van der Waals surface area contributed by atoms with Crippen molar-refractivity contribution in [3.05, 3.63) is 47.7 Å². The Morgan fingerprint density at radius 2 is 1.69 bits per heavy atom. The molecule has 0 atom stereocenters. The molecular formula is C12H19N. The molecule has 0 fully saturated rings. The molecule has 0 bridgehead atoms. The van der Waals surface area contributed by atoms with Crippen LogP contribution in [0.3, 0.4) is 0 Å². The number of nitrogens with two attached hydrogens (primary N) is 1. The maximum Gasteiger partial charge on any atom is 0.000466 e. The van der Waals surface area contributed by atoms with E-state index in [-0.39, 0.29) is 0 Å². The van der Waals surface area contributed by atoms with E-state index in [1.54, 1.807) is 0 Å². The predicted octanol–water partition coefficient (Wildman–Crippen LogP) is 3.17. The predicted molar refractivity (Wildman–Crippen MR) is 59.5 cm³/mol. The molecule has 1 heteroatoms. The summed E-state index contributed by atoms with van der Waals surface area (Å²) in [5.41, 5.74) is 8.53. The third-order valence-corrected chi connectivity index (χ3v) is 1.63. The molecule has 0 spiro atoms. The Morgan fingerprint density at radius 1 is 1.31 bits per heavy atom. The zero-order chi connectivity index (χ0) is 10.3. The van der Waals surface area contributed by atoms with E-state index in [2.05, 4.69) is 44.7 Å². The van der Waals surface area contributed by atoms with Crippen molar-refractivity contribution in [2.24, 2.45) is 5.73 Å². The van der Waals surface area contributed by atoms with Gasteiger partial charge in [-0.3, -0.25) is 0 Å². The summed E-state index contributed by atoms with van der Waals surface area (Å²) in [7, 11) is 0. The zero-order valence-corrected chi connectivity index (χ0v) is 8.80. The maximum atomic E-state index is 5.10. The lowest BCUT2D eigenvalue weighted by Gasteiger charge is -1.90. The van der Waals surface area contributed by atoms with Crippen LogP contribution in [0.5, 0.6) is 0 Å². The van der Waals surface area contributed by atoms with Gasteiger partial charge in [-0.1, -0.05) is 48.9 Å². The van der Waals surface area contributed by atoms with Gasteiger partial charge >= 0.3 is 0 Å². The fourth-order valence-corrected chi connectivity index (χ4v) is 0.807. The Balaban J connectivity index is 0.000000252. The summed E-state index contributed by atoms with van der Waals surface area (Å²) >= 11 is 0. The van der Waals surface area contributed by atoms with Crippen LogP contribution in [0, 0.1) is 13.8 Å². The summed E-state index contributed by atoms with van der Waals surface area (Å²) in [6.45, 7) is 9.63. The molecule has 1 aromatic rings. The smallest absolute Gasteiger partial charge is 0.000466 e. The number of allylic oxidation sites excluding steroid dienone is 1. The summed E-state index contributed by atoms with van der Waals surface area (Å²) in [6.07, 6.45) is 0.889. The van der Waals surface area contributed by atoms with E-state index in [9.17, 15) is 0 Å². The molecular weight excluding hydrogens is 158 g/mol. The lowest BCUT2D eigenvalue weighted by Crippen LogP contribution is -1.89. The van der Waals surface area contributed by atoms with E-state index in [0.29, 0.717) is 0 Å². The summed E-state index contributed by atoms with van der Waals surface area (Å²) in [5.74, 6) is 0. The average molecular weight is 177 g/mol. The molecule has 0 saturated carbocycles. The van der Waals surface area contributed by atoms with Crippen molar-refractivity contribution in [2.45, 2.75) is 27.2 Å². The number of aryl methyl sites for hydroxylation is 2. The molecule has 0 aliphatic rings. The molecule has 2 N–H and O–H groups in total. The van der Waals surface area contributed by atoms with E-state index in [0.717, 1.165) is 12.1 Å². The molecule has 0 unspecified atom stereocenters. The van der Waals surface area contributed by atoms with Gasteiger partial charge in [0.15, 0.2) is 0 Å². The normalized spacial score (nSPS) is 8.54. The summed E-state index contributed by atoms with van der Waals surface area (Å²) in [4.78, 5) is 0. The highest BCUT2D eigenvalue weighted by Gasteiger charge is 1.80. The van der Waals surface area contributed by atoms with Gasteiger partial charge in [0.25, 0.3) is 0 Å². The Bertz CT molecular complexity index is 246. The molecule has 1 rings (SSSR count). The fraction of sp³-hybridized carbons (Fsp3) is 0.333. The fourth-order valence-electron chi connectivity index (χ4n) is 0.807. The Hall–Kier alpha value is -1.24. The summed E-state index contributed by atoms with van der Waals surface area (Å²) < 4.78 is 0.